The van der Waals surface area contributed by atoms with E-state index in [1.807, 2.05) is 4.90 Å². The molecule has 0 saturated carbocycles. The first kappa shape index (κ1) is 12.4. The smallest absolute Gasteiger partial charge is 0.256 e. The van der Waals surface area contributed by atoms with Gasteiger partial charge in [0.25, 0.3) is 5.91 Å². The topological polar surface area (TPSA) is 91.5 Å². The van der Waals surface area contributed by atoms with E-state index < -0.39 is 0 Å². The van der Waals surface area contributed by atoms with Crippen molar-refractivity contribution in [1.82, 2.24) is 9.88 Å². The van der Waals surface area contributed by atoms with Gasteiger partial charge in [0.15, 0.2) is 0 Å². The maximum Gasteiger partial charge on any atom is 0.256 e. The number of aliphatic hydroxyl groups is 1. The number of carbonyl (C=O) groups excluding carboxylic acids is 1. The van der Waals surface area contributed by atoms with Crippen LogP contribution in [-0.4, -0.2) is 39.1 Å². The summed E-state index contributed by atoms with van der Waals surface area (Å²) < 4.78 is 0. The van der Waals surface area contributed by atoms with Gasteiger partial charge in [-0.05, 0) is 31.7 Å². The number of nitrogens with two attached hydrogens (primary N) is 1. The molecule has 2 unspecified atom stereocenters. The molecule has 4 N–H and O–H groups in total. The van der Waals surface area contributed by atoms with Crippen molar-refractivity contribution in [3.63, 3.8) is 0 Å². The zero-order valence-corrected chi connectivity index (χ0v) is 10.6. The van der Waals surface area contributed by atoms with Crippen molar-refractivity contribution in [3.05, 3.63) is 24.0 Å². The van der Waals surface area contributed by atoms with Crippen LogP contribution in [0.5, 0.6) is 0 Å². The molecule has 0 radical (unpaired) electrons. The van der Waals surface area contributed by atoms with E-state index in [0.29, 0.717) is 24.1 Å². The van der Waals surface area contributed by atoms with E-state index in [2.05, 4.69) is 10.4 Å². The Bertz CT molecular complexity index is 479. The predicted octanol–water partition coefficient (Wildman–Crippen LogP) is 0.495. The quantitative estimate of drug-likeness (QED) is 0.533. The molecule has 2 aliphatic rings. The fraction of sp³-hybridized carbons (Fsp3) is 0.538. The average molecular weight is 262 g/mol. The van der Waals surface area contributed by atoms with Crippen molar-refractivity contribution in [2.24, 2.45) is 5.84 Å². The molecule has 3 heterocycles. The lowest BCUT2D eigenvalue weighted by atomic mass is 9.98. The zero-order chi connectivity index (χ0) is 13.4. The second-order valence-corrected chi connectivity index (χ2v) is 5.29. The van der Waals surface area contributed by atoms with Gasteiger partial charge in [-0.2, -0.15) is 0 Å². The first-order valence-corrected chi connectivity index (χ1v) is 6.62. The minimum atomic E-state index is -0.272. The number of aromatic nitrogens is 1. The minimum absolute atomic E-state index is 0.0187. The molecule has 1 amide bonds. The summed E-state index contributed by atoms with van der Waals surface area (Å²) in [6, 6.07) is 1.99. The van der Waals surface area contributed by atoms with Crippen molar-refractivity contribution < 1.29 is 9.90 Å². The molecule has 1 aromatic rings. The lowest BCUT2D eigenvalue weighted by Gasteiger charge is -2.37. The molecule has 2 saturated heterocycles. The Hall–Kier alpha value is -1.66. The Kier molecular flexibility index (Phi) is 3.12. The predicted molar refractivity (Wildman–Crippen MR) is 70.3 cm³/mol. The van der Waals surface area contributed by atoms with E-state index in [1.165, 1.54) is 0 Å². The van der Waals surface area contributed by atoms with Crippen LogP contribution in [-0.2, 0) is 0 Å². The number of piperidine rings is 1. The van der Waals surface area contributed by atoms with Gasteiger partial charge in [-0.3, -0.25) is 15.6 Å². The Morgan fingerprint density at radius 2 is 2.11 bits per heavy atom. The van der Waals surface area contributed by atoms with Gasteiger partial charge in [0.05, 0.1) is 23.6 Å². The number of hydrogen-bond acceptors (Lipinski definition) is 5. The van der Waals surface area contributed by atoms with Gasteiger partial charge in [0.1, 0.15) is 0 Å². The molecule has 1 aromatic heterocycles. The molecule has 2 atom stereocenters. The number of carbonyl (C=O) groups is 1. The van der Waals surface area contributed by atoms with E-state index in [-0.39, 0.29) is 24.1 Å². The largest absolute Gasteiger partial charge is 0.393 e. The number of nitrogens with zero attached hydrogens (tertiary/aromatic N) is 2. The third-order valence-corrected chi connectivity index (χ3v) is 4.15. The number of nitrogens with one attached hydrogen (secondary N) is 1. The zero-order valence-electron chi connectivity index (χ0n) is 10.6. The molecule has 2 bridgehead atoms. The first-order valence-electron chi connectivity index (χ1n) is 6.62. The van der Waals surface area contributed by atoms with Gasteiger partial charge in [0.2, 0.25) is 0 Å². The van der Waals surface area contributed by atoms with E-state index in [1.54, 1.807) is 18.5 Å². The van der Waals surface area contributed by atoms with Crippen molar-refractivity contribution in [2.75, 3.05) is 5.43 Å². The lowest BCUT2D eigenvalue weighted by molar-refractivity contribution is 0.0287. The van der Waals surface area contributed by atoms with E-state index in [4.69, 9.17) is 5.84 Å². The Balaban J connectivity index is 1.89. The highest BCUT2D eigenvalue weighted by molar-refractivity contribution is 5.99. The van der Waals surface area contributed by atoms with E-state index in [0.717, 1.165) is 12.8 Å². The summed E-state index contributed by atoms with van der Waals surface area (Å²) in [7, 11) is 0. The van der Waals surface area contributed by atoms with Crippen LogP contribution in [0.2, 0.25) is 0 Å². The van der Waals surface area contributed by atoms with Gasteiger partial charge in [-0.25, -0.2) is 0 Å². The van der Waals surface area contributed by atoms with Crippen LogP contribution in [0.4, 0.5) is 5.69 Å². The second-order valence-electron chi connectivity index (χ2n) is 5.29. The van der Waals surface area contributed by atoms with Crippen molar-refractivity contribution in [2.45, 2.75) is 43.9 Å². The van der Waals surface area contributed by atoms with E-state index >= 15 is 0 Å². The molecule has 0 aromatic carbocycles. The first-order chi connectivity index (χ1) is 9.20. The highest BCUT2D eigenvalue weighted by Crippen LogP contribution is 2.37. The Morgan fingerprint density at radius 1 is 1.42 bits per heavy atom. The van der Waals surface area contributed by atoms with Crippen LogP contribution in [0.1, 0.15) is 36.0 Å². The third kappa shape index (κ3) is 2.06. The van der Waals surface area contributed by atoms with Gasteiger partial charge in [-0.1, -0.05) is 0 Å². The van der Waals surface area contributed by atoms with Gasteiger partial charge in [-0.15, -0.1) is 0 Å². The fourth-order valence-electron chi connectivity index (χ4n) is 3.31. The van der Waals surface area contributed by atoms with Crippen LogP contribution < -0.4 is 11.3 Å². The molecule has 0 aliphatic carbocycles. The maximum absolute atomic E-state index is 12.7. The number of aliphatic hydroxyl groups excluding tert-OH is 1. The van der Waals surface area contributed by atoms with Gasteiger partial charge < -0.3 is 15.4 Å². The SMILES string of the molecule is NNc1cnccc1C(=O)N1C2CCC1CC(O)C2. The number of hydrogen-bond donors (Lipinski definition) is 3. The number of pyridine rings is 1. The standard InChI is InChI=1S/C13H18N4O2/c14-16-12-7-15-4-3-11(12)13(19)17-8-1-2-9(17)6-10(18)5-8/h3-4,7-10,16,18H,1-2,5-6,14H2. The van der Waals surface area contributed by atoms with Crippen LogP contribution >= 0.6 is 0 Å². The van der Waals surface area contributed by atoms with Crippen LogP contribution in [0.15, 0.2) is 18.5 Å². The van der Waals surface area contributed by atoms with Crippen LogP contribution in [0, 0.1) is 0 Å². The van der Waals surface area contributed by atoms with Gasteiger partial charge >= 0.3 is 0 Å². The molecule has 2 aliphatic heterocycles. The molecule has 3 rings (SSSR count). The molecule has 19 heavy (non-hydrogen) atoms. The molecule has 6 heteroatoms. The summed E-state index contributed by atoms with van der Waals surface area (Å²) in [6.07, 6.45) is 6.18. The Morgan fingerprint density at radius 3 is 2.74 bits per heavy atom. The summed E-state index contributed by atoms with van der Waals surface area (Å²) in [6.45, 7) is 0. The lowest BCUT2D eigenvalue weighted by Crippen LogP contribution is -2.48. The summed E-state index contributed by atoms with van der Waals surface area (Å²) in [5, 5.41) is 9.78. The van der Waals surface area contributed by atoms with Crippen molar-refractivity contribution in [3.8, 4) is 0 Å². The maximum atomic E-state index is 12.7. The Labute approximate surface area is 111 Å². The molecular formula is C13H18N4O2. The molecule has 6 nitrogen and oxygen atoms in total. The summed E-state index contributed by atoms with van der Waals surface area (Å²) in [5.41, 5.74) is 3.60. The summed E-state index contributed by atoms with van der Waals surface area (Å²) >= 11 is 0. The highest BCUT2D eigenvalue weighted by Gasteiger charge is 2.43. The third-order valence-electron chi connectivity index (χ3n) is 4.15. The van der Waals surface area contributed by atoms with E-state index in [9.17, 15) is 9.90 Å². The summed E-state index contributed by atoms with van der Waals surface area (Å²) in [4.78, 5) is 18.5. The molecule has 2 fully saturated rings. The number of anilines is 1. The van der Waals surface area contributed by atoms with Crippen LogP contribution in [0.25, 0.3) is 0 Å². The van der Waals surface area contributed by atoms with Crippen molar-refractivity contribution >= 4 is 11.6 Å². The monoisotopic (exact) mass is 262 g/mol. The molecule has 102 valence electrons. The number of nitrogen functional groups attached to an aromatic ring is 1. The highest BCUT2D eigenvalue weighted by atomic mass is 16.3. The molecule has 0 spiro atoms. The second kappa shape index (κ2) is 4.79. The average Bonchev–Trinajstić information content (AvgIpc) is 2.70. The van der Waals surface area contributed by atoms with Gasteiger partial charge in [0, 0.05) is 18.3 Å². The number of hydrazine groups is 1. The normalized spacial score (nSPS) is 29.4. The van der Waals surface area contributed by atoms with Crippen LogP contribution in [0.3, 0.4) is 0 Å². The number of rotatable bonds is 2. The van der Waals surface area contributed by atoms with Crippen molar-refractivity contribution in [1.29, 1.82) is 0 Å². The number of amides is 1. The number of fused-ring (bicyclic) bond motifs is 2. The fourth-order valence-corrected chi connectivity index (χ4v) is 3.31. The minimum Gasteiger partial charge on any atom is -0.393 e. The molecular weight excluding hydrogens is 244 g/mol. The summed E-state index contributed by atoms with van der Waals surface area (Å²) in [5.74, 6) is 5.41.